The van der Waals surface area contributed by atoms with Crippen molar-refractivity contribution in [2.24, 2.45) is 7.05 Å². The van der Waals surface area contributed by atoms with E-state index in [1.165, 1.54) is 0 Å². The number of nitrogens with zero attached hydrogens (tertiary/aromatic N) is 4. The Balaban J connectivity index is 1.87. The molecule has 4 rings (SSSR count). The van der Waals surface area contributed by atoms with Crippen LogP contribution in [0.4, 0.5) is 0 Å². The molecule has 8 heteroatoms. The lowest BCUT2D eigenvalue weighted by Crippen LogP contribution is -2.29. The summed E-state index contributed by atoms with van der Waals surface area (Å²) >= 11 is 0. The van der Waals surface area contributed by atoms with Gasteiger partial charge < -0.3 is 15.0 Å². The van der Waals surface area contributed by atoms with Gasteiger partial charge in [-0.15, -0.1) is 0 Å². The van der Waals surface area contributed by atoms with Crippen molar-refractivity contribution in [3.63, 3.8) is 0 Å². The number of H-pyrrole nitrogens is 1. The average molecular weight is 364 g/mol. The topological polar surface area (TPSA) is 97.7 Å². The molecule has 0 radical (unpaired) electrons. The molecule has 0 aliphatic carbocycles. The van der Waals surface area contributed by atoms with Crippen LogP contribution in [0.15, 0.2) is 30.6 Å². The Morgan fingerprint density at radius 1 is 1.33 bits per heavy atom. The van der Waals surface area contributed by atoms with Gasteiger partial charge in [0.1, 0.15) is 22.7 Å². The molecular weight excluding hydrogens is 344 g/mol. The van der Waals surface area contributed by atoms with Gasteiger partial charge in [-0.2, -0.15) is 5.10 Å². The number of methoxy groups -OCH3 is 1. The highest BCUT2D eigenvalue weighted by Gasteiger charge is 2.18. The maximum absolute atomic E-state index is 12.4. The van der Waals surface area contributed by atoms with E-state index in [1.807, 2.05) is 39.1 Å². The number of aryl methyl sites for hydroxylation is 1. The van der Waals surface area contributed by atoms with E-state index in [9.17, 15) is 4.79 Å². The number of rotatable bonds is 4. The van der Waals surface area contributed by atoms with Crippen LogP contribution in [0.25, 0.3) is 33.5 Å². The van der Waals surface area contributed by atoms with Crippen molar-refractivity contribution in [3.05, 3.63) is 36.2 Å². The van der Waals surface area contributed by atoms with E-state index >= 15 is 0 Å². The van der Waals surface area contributed by atoms with E-state index in [4.69, 9.17) is 4.74 Å². The van der Waals surface area contributed by atoms with Crippen LogP contribution in [0.2, 0.25) is 0 Å². The van der Waals surface area contributed by atoms with Crippen LogP contribution in [0.5, 0.6) is 5.75 Å². The minimum atomic E-state index is -0.185. The first-order chi connectivity index (χ1) is 13.0. The maximum atomic E-state index is 12.4. The van der Waals surface area contributed by atoms with Crippen molar-refractivity contribution in [2.75, 3.05) is 7.11 Å². The summed E-state index contributed by atoms with van der Waals surface area (Å²) in [7, 11) is 3.50. The van der Waals surface area contributed by atoms with Crippen molar-refractivity contribution >= 4 is 28.0 Å². The van der Waals surface area contributed by atoms with Crippen LogP contribution >= 0.6 is 0 Å². The van der Waals surface area contributed by atoms with Gasteiger partial charge in [0.05, 0.1) is 24.4 Å². The largest absolute Gasteiger partial charge is 0.497 e. The van der Waals surface area contributed by atoms with Gasteiger partial charge in [-0.1, -0.05) is 0 Å². The Bertz CT molecular complexity index is 1160. The standard InChI is InChI=1S/C19H20N6O2/c1-10(2)22-19(26)13-8-20-18-17(13)23-14(9-21-18)16-12-7-11(27-4)5-6-15(12)25(3)24-16/h5-10H,1-4H3,(H,20,21)(H,22,26). The fourth-order valence-corrected chi connectivity index (χ4v) is 3.08. The first-order valence-electron chi connectivity index (χ1n) is 8.64. The zero-order valence-corrected chi connectivity index (χ0v) is 15.6. The molecule has 0 saturated carbocycles. The third-order valence-electron chi connectivity index (χ3n) is 4.35. The molecule has 2 N–H and O–H groups in total. The van der Waals surface area contributed by atoms with Gasteiger partial charge in [0, 0.05) is 24.7 Å². The van der Waals surface area contributed by atoms with Crippen LogP contribution in [0.3, 0.4) is 0 Å². The minimum Gasteiger partial charge on any atom is -0.497 e. The molecular formula is C19H20N6O2. The number of aromatic amines is 1. The van der Waals surface area contributed by atoms with Crippen molar-refractivity contribution in [3.8, 4) is 17.1 Å². The number of hydrogen-bond acceptors (Lipinski definition) is 5. The quantitative estimate of drug-likeness (QED) is 0.580. The zero-order chi connectivity index (χ0) is 19.1. The van der Waals surface area contributed by atoms with Crippen molar-refractivity contribution < 1.29 is 9.53 Å². The molecule has 0 fully saturated rings. The molecule has 1 amide bonds. The molecule has 0 bridgehead atoms. The van der Waals surface area contributed by atoms with Crippen LogP contribution < -0.4 is 10.1 Å². The van der Waals surface area contributed by atoms with Crippen molar-refractivity contribution in [2.45, 2.75) is 19.9 Å². The predicted molar refractivity (Wildman–Crippen MR) is 103 cm³/mol. The molecule has 8 nitrogen and oxygen atoms in total. The Kier molecular flexibility index (Phi) is 4.02. The number of benzene rings is 1. The molecule has 1 aromatic carbocycles. The molecule has 3 heterocycles. The van der Waals surface area contributed by atoms with Gasteiger partial charge in [0.25, 0.3) is 5.91 Å². The maximum Gasteiger partial charge on any atom is 0.255 e. The predicted octanol–water partition coefficient (Wildman–Crippen LogP) is 2.66. The molecule has 4 aromatic rings. The number of fused-ring (bicyclic) bond motifs is 2. The fraction of sp³-hybridized carbons (Fsp3) is 0.263. The number of aromatic nitrogens is 5. The summed E-state index contributed by atoms with van der Waals surface area (Å²) < 4.78 is 7.13. The lowest BCUT2D eigenvalue weighted by molar-refractivity contribution is 0.0944. The van der Waals surface area contributed by atoms with E-state index < -0.39 is 0 Å². The molecule has 0 aliphatic heterocycles. The number of nitrogens with one attached hydrogen (secondary N) is 2. The number of ether oxygens (including phenoxy) is 1. The SMILES string of the molecule is COc1ccc2c(c1)c(-c1cnc3[nH]cc(C(=O)NC(C)C)c3n1)nn2C. The highest BCUT2D eigenvalue weighted by molar-refractivity contribution is 6.05. The molecule has 0 saturated heterocycles. The first kappa shape index (κ1) is 17.0. The number of carbonyl (C=O) groups is 1. The summed E-state index contributed by atoms with van der Waals surface area (Å²) in [6, 6.07) is 5.80. The average Bonchev–Trinajstić information content (AvgIpc) is 3.21. The van der Waals surface area contributed by atoms with E-state index in [-0.39, 0.29) is 11.9 Å². The lowest BCUT2D eigenvalue weighted by atomic mass is 10.1. The summed E-state index contributed by atoms with van der Waals surface area (Å²) in [5.74, 6) is 0.555. The Labute approximate surface area is 155 Å². The van der Waals surface area contributed by atoms with E-state index in [1.54, 1.807) is 24.2 Å². The van der Waals surface area contributed by atoms with Gasteiger partial charge in [-0.25, -0.2) is 9.97 Å². The third-order valence-corrected chi connectivity index (χ3v) is 4.35. The second-order valence-corrected chi connectivity index (χ2v) is 6.64. The second kappa shape index (κ2) is 6.39. The number of hydrogen-bond donors (Lipinski definition) is 2. The Morgan fingerprint density at radius 3 is 2.89 bits per heavy atom. The lowest BCUT2D eigenvalue weighted by Gasteiger charge is -2.07. The normalized spacial score (nSPS) is 11.4. The summed E-state index contributed by atoms with van der Waals surface area (Å²) in [6.07, 6.45) is 3.29. The summed E-state index contributed by atoms with van der Waals surface area (Å²) in [4.78, 5) is 24.5. The smallest absolute Gasteiger partial charge is 0.255 e. The summed E-state index contributed by atoms with van der Waals surface area (Å²) in [5.41, 5.74) is 3.79. The van der Waals surface area contributed by atoms with Gasteiger partial charge in [-0.3, -0.25) is 9.48 Å². The second-order valence-electron chi connectivity index (χ2n) is 6.64. The van der Waals surface area contributed by atoms with E-state index in [2.05, 4.69) is 25.4 Å². The Morgan fingerprint density at radius 2 is 2.15 bits per heavy atom. The summed E-state index contributed by atoms with van der Waals surface area (Å²) in [5, 5.41) is 8.39. The van der Waals surface area contributed by atoms with Gasteiger partial charge in [0.15, 0.2) is 5.65 Å². The van der Waals surface area contributed by atoms with Crippen LogP contribution in [0, 0.1) is 0 Å². The van der Waals surface area contributed by atoms with Crippen molar-refractivity contribution in [1.82, 2.24) is 30.0 Å². The van der Waals surface area contributed by atoms with Crippen LogP contribution in [0.1, 0.15) is 24.2 Å². The fourth-order valence-electron chi connectivity index (χ4n) is 3.08. The number of carbonyl (C=O) groups excluding carboxylic acids is 1. The monoisotopic (exact) mass is 364 g/mol. The van der Waals surface area contributed by atoms with Crippen LogP contribution in [-0.4, -0.2) is 43.8 Å². The molecule has 3 aromatic heterocycles. The van der Waals surface area contributed by atoms with E-state index in [0.717, 1.165) is 16.7 Å². The van der Waals surface area contributed by atoms with Gasteiger partial charge in [0.2, 0.25) is 0 Å². The molecule has 0 unspecified atom stereocenters. The van der Waals surface area contributed by atoms with Gasteiger partial charge in [-0.05, 0) is 32.0 Å². The Hall–Kier alpha value is -3.42. The molecule has 0 atom stereocenters. The minimum absolute atomic E-state index is 0.0331. The van der Waals surface area contributed by atoms with Crippen LogP contribution in [-0.2, 0) is 7.05 Å². The van der Waals surface area contributed by atoms with Gasteiger partial charge >= 0.3 is 0 Å². The number of amides is 1. The van der Waals surface area contributed by atoms with Crippen molar-refractivity contribution in [1.29, 1.82) is 0 Å². The molecule has 138 valence electrons. The molecule has 0 spiro atoms. The van der Waals surface area contributed by atoms with E-state index in [0.29, 0.717) is 28.1 Å². The summed E-state index contributed by atoms with van der Waals surface area (Å²) in [6.45, 7) is 3.83. The zero-order valence-electron chi connectivity index (χ0n) is 15.6. The molecule has 0 aliphatic rings. The highest BCUT2D eigenvalue weighted by atomic mass is 16.5. The highest BCUT2D eigenvalue weighted by Crippen LogP contribution is 2.30. The third kappa shape index (κ3) is 2.88. The first-order valence-corrected chi connectivity index (χ1v) is 8.64. The molecule has 27 heavy (non-hydrogen) atoms.